The predicted molar refractivity (Wildman–Crippen MR) is 64.0 cm³/mol. The van der Waals surface area contributed by atoms with Crippen LogP contribution in [0.25, 0.3) is 0 Å². The first-order valence-corrected chi connectivity index (χ1v) is 7.22. The highest BCUT2D eigenvalue weighted by Gasteiger charge is 2.12. The molecule has 1 atom stereocenters. The van der Waals surface area contributed by atoms with Gasteiger partial charge in [0, 0.05) is 13.2 Å². The Labute approximate surface area is 88.3 Å². The highest BCUT2D eigenvalue weighted by molar-refractivity contribution is 7.57. The van der Waals surface area contributed by atoms with Crippen molar-refractivity contribution in [2.24, 2.45) is 0 Å². The lowest BCUT2D eigenvalue weighted by atomic mass is 10.2. The van der Waals surface area contributed by atoms with Crippen molar-refractivity contribution in [2.75, 3.05) is 26.5 Å². The summed E-state index contributed by atoms with van der Waals surface area (Å²) in [6.45, 7) is 11.9. The quantitative estimate of drug-likeness (QED) is 0.573. The second-order valence-corrected chi connectivity index (χ2v) is 5.86. The molecule has 0 aromatic heterocycles. The van der Waals surface area contributed by atoms with E-state index in [1.807, 2.05) is 32.7 Å². The van der Waals surface area contributed by atoms with Crippen molar-refractivity contribution in [1.29, 1.82) is 0 Å². The van der Waals surface area contributed by atoms with Crippen LogP contribution in [0.15, 0.2) is 12.2 Å². The molecule has 86 valence electrons. The lowest BCUT2D eigenvalue weighted by Gasteiger charge is -2.17. The third kappa shape index (κ3) is 14.4. The van der Waals surface area contributed by atoms with Gasteiger partial charge in [-0.15, -0.1) is 6.58 Å². The van der Waals surface area contributed by atoms with Gasteiger partial charge in [-0.1, -0.05) is 19.4 Å². The van der Waals surface area contributed by atoms with E-state index in [0.717, 1.165) is 18.5 Å². The molecular formula is C10H24NO2P. The van der Waals surface area contributed by atoms with Crippen LogP contribution < -0.4 is 0 Å². The van der Waals surface area contributed by atoms with Crippen LogP contribution in [-0.2, 0) is 4.57 Å². The van der Waals surface area contributed by atoms with Crippen LogP contribution >= 0.6 is 7.37 Å². The van der Waals surface area contributed by atoms with Gasteiger partial charge in [0.1, 0.15) is 0 Å². The van der Waals surface area contributed by atoms with Crippen molar-refractivity contribution in [3.8, 4) is 0 Å². The molecule has 0 aliphatic rings. The van der Waals surface area contributed by atoms with Crippen LogP contribution in [0.2, 0.25) is 0 Å². The normalized spacial score (nSPS) is 14.2. The molecule has 0 aliphatic heterocycles. The number of nitrogens with zero attached hydrogens (tertiary/aromatic N) is 1. The largest absolute Gasteiger partial charge is 0.344 e. The minimum atomic E-state index is -2.89. The van der Waals surface area contributed by atoms with Crippen LogP contribution in [0, 0.1) is 0 Å². The van der Waals surface area contributed by atoms with Crippen molar-refractivity contribution >= 4 is 7.37 Å². The third-order valence-corrected chi connectivity index (χ3v) is 2.43. The van der Waals surface area contributed by atoms with Gasteiger partial charge in [0.15, 0.2) is 0 Å². The Bertz CT molecular complexity index is 198. The van der Waals surface area contributed by atoms with Gasteiger partial charge in [-0.25, -0.2) is 0 Å². The molecule has 0 aromatic carbocycles. The van der Waals surface area contributed by atoms with E-state index in [9.17, 15) is 4.57 Å². The van der Waals surface area contributed by atoms with E-state index >= 15 is 0 Å². The zero-order valence-corrected chi connectivity index (χ0v) is 11.0. The maximum absolute atomic E-state index is 11.0. The minimum Gasteiger partial charge on any atom is -0.344 e. The predicted octanol–water partition coefficient (Wildman–Crippen LogP) is 2.77. The van der Waals surface area contributed by atoms with Gasteiger partial charge in [0.05, 0.1) is 6.29 Å². The molecule has 1 unspecified atom stereocenters. The Balaban J connectivity index is 0. The smallest absolute Gasteiger partial charge is 0.211 e. The van der Waals surface area contributed by atoms with Crippen molar-refractivity contribution in [3.05, 3.63) is 12.2 Å². The fraction of sp³-hybridized carbons (Fsp3) is 0.800. The van der Waals surface area contributed by atoms with Gasteiger partial charge in [-0.3, -0.25) is 9.46 Å². The van der Waals surface area contributed by atoms with E-state index in [-0.39, 0.29) is 6.29 Å². The van der Waals surface area contributed by atoms with Gasteiger partial charge in [0.2, 0.25) is 7.37 Å². The summed E-state index contributed by atoms with van der Waals surface area (Å²) in [7, 11) is -1.04. The Hall–Kier alpha value is -0.110. The molecule has 0 saturated heterocycles. The summed E-state index contributed by atoms with van der Waals surface area (Å²) >= 11 is 0. The Morgan fingerprint density at radius 1 is 1.50 bits per heavy atom. The summed E-state index contributed by atoms with van der Waals surface area (Å²) in [5.74, 6) is 0. The van der Waals surface area contributed by atoms with Crippen LogP contribution in [0.5, 0.6) is 0 Å². The van der Waals surface area contributed by atoms with Crippen molar-refractivity contribution < 1.29 is 9.46 Å². The second-order valence-electron chi connectivity index (χ2n) is 3.48. The molecule has 0 saturated carbocycles. The molecule has 0 heterocycles. The van der Waals surface area contributed by atoms with Crippen molar-refractivity contribution in [2.45, 2.75) is 27.2 Å². The zero-order chi connectivity index (χ0) is 11.8. The maximum Gasteiger partial charge on any atom is 0.211 e. The number of hydrogen-bond donors (Lipinski definition) is 1. The standard InChI is InChI=1S/C8H18NO2P.C2H6/c1-8(2)5-6-9(3)7-12(4,10)11;1-2/h1,5-7H2,2-4H3,(H,10,11);1-2H3. The van der Waals surface area contributed by atoms with Gasteiger partial charge < -0.3 is 4.89 Å². The number of hydrogen-bond acceptors (Lipinski definition) is 2. The SMILES string of the molecule is C=C(C)CCN(C)CP(C)(=O)O.CC. The summed E-state index contributed by atoms with van der Waals surface area (Å²) in [6.07, 6.45) is 1.15. The summed E-state index contributed by atoms with van der Waals surface area (Å²) < 4.78 is 11.0. The monoisotopic (exact) mass is 221 g/mol. The first-order valence-electron chi connectivity index (χ1n) is 4.93. The first kappa shape index (κ1) is 16.3. The van der Waals surface area contributed by atoms with E-state index in [0.29, 0.717) is 0 Å². The molecule has 3 nitrogen and oxygen atoms in total. The van der Waals surface area contributed by atoms with E-state index in [1.54, 1.807) is 0 Å². The summed E-state index contributed by atoms with van der Waals surface area (Å²) in [5, 5.41) is 0. The molecule has 0 aliphatic carbocycles. The van der Waals surface area contributed by atoms with Crippen LogP contribution in [0.3, 0.4) is 0 Å². The van der Waals surface area contributed by atoms with Crippen molar-refractivity contribution in [3.63, 3.8) is 0 Å². The van der Waals surface area contributed by atoms with Crippen molar-refractivity contribution in [1.82, 2.24) is 4.90 Å². The Morgan fingerprint density at radius 3 is 2.21 bits per heavy atom. The highest BCUT2D eigenvalue weighted by Crippen LogP contribution is 2.35. The van der Waals surface area contributed by atoms with E-state index in [1.165, 1.54) is 6.66 Å². The minimum absolute atomic E-state index is 0.264. The molecule has 0 aromatic rings. The molecule has 0 fully saturated rings. The summed E-state index contributed by atoms with van der Waals surface area (Å²) in [4.78, 5) is 10.9. The van der Waals surface area contributed by atoms with E-state index in [4.69, 9.17) is 4.89 Å². The molecule has 0 amide bonds. The molecule has 0 bridgehead atoms. The highest BCUT2D eigenvalue weighted by atomic mass is 31.2. The molecule has 0 spiro atoms. The van der Waals surface area contributed by atoms with Crippen LogP contribution in [-0.4, -0.2) is 36.3 Å². The summed E-state index contributed by atoms with van der Waals surface area (Å²) in [6, 6.07) is 0. The Morgan fingerprint density at radius 2 is 1.93 bits per heavy atom. The topological polar surface area (TPSA) is 40.5 Å². The van der Waals surface area contributed by atoms with Crippen LogP contribution in [0.4, 0.5) is 0 Å². The molecule has 0 radical (unpaired) electrons. The maximum atomic E-state index is 11.0. The molecule has 14 heavy (non-hydrogen) atoms. The van der Waals surface area contributed by atoms with E-state index < -0.39 is 7.37 Å². The zero-order valence-electron chi connectivity index (χ0n) is 10.1. The number of rotatable bonds is 5. The molecule has 1 N–H and O–H groups in total. The average molecular weight is 221 g/mol. The Kier molecular flexibility index (Phi) is 9.58. The van der Waals surface area contributed by atoms with Crippen LogP contribution in [0.1, 0.15) is 27.2 Å². The molecular weight excluding hydrogens is 197 g/mol. The van der Waals surface area contributed by atoms with E-state index in [2.05, 4.69) is 6.58 Å². The van der Waals surface area contributed by atoms with Gasteiger partial charge >= 0.3 is 0 Å². The average Bonchev–Trinajstić information content (AvgIpc) is 2.02. The van der Waals surface area contributed by atoms with Gasteiger partial charge in [-0.05, 0) is 20.4 Å². The van der Waals surface area contributed by atoms with Gasteiger partial charge in [-0.2, -0.15) is 0 Å². The fourth-order valence-corrected chi connectivity index (χ4v) is 1.94. The molecule has 4 heteroatoms. The fourth-order valence-electron chi connectivity index (χ4n) is 0.900. The molecule has 0 rings (SSSR count). The lowest BCUT2D eigenvalue weighted by Crippen LogP contribution is -2.20. The van der Waals surface area contributed by atoms with Gasteiger partial charge in [0.25, 0.3) is 0 Å². The third-order valence-electron chi connectivity index (χ3n) is 1.42. The first-order chi connectivity index (χ1) is 6.31. The summed E-state index contributed by atoms with van der Waals surface area (Å²) in [5.41, 5.74) is 1.10. The second kappa shape index (κ2) is 8.22. The lowest BCUT2D eigenvalue weighted by molar-refractivity contribution is 0.365.